The molecule has 0 saturated carbocycles. The van der Waals surface area contributed by atoms with Crippen molar-refractivity contribution in [3.63, 3.8) is 0 Å². The van der Waals surface area contributed by atoms with E-state index >= 15 is 0 Å². The number of allylic oxidation sites excluding steroid dienone is 1. The minimum absolute atomic E-state index is 0.114. The van der Waals surface area contributed by atoms with Gasteiger partial charge in [0.15, 0.2) is 0 Å². The average molecular weight is 367 g/mol. The number of rotatable bonds is 4. The Morgan fingerprint density at radius 2 is 2.26 bits per heavy atom. The molecule has 3 heterocycles. The molecule has 0 bridgehead atoms. The molecule has 1 aromatic heterocycles. The van der Waals surface area contributed by atoms with Gasteiger partial charge in [-0.25, -0.2) is 0 Å². The van der Waals surface area contributed by atoms with E-state index in [0.29, 0.717) is 32.1 Å². The number of aromatic nitrogens is 2. The molecule has 4 rings (SSSR count). The molecular formula is C19H21N5O3. The highest BCUT2D eigenvalue weighted by Crippen LogP contribution is 2.29. The van der Waals surface area contributed by atoms with Crippen molar-refractivity contribution in [1.29, 1.82) is 0 Å². The summed E-state index contributed by atoms with van der Waals surface area (Å²) in [5.41, 5.74) is 9.96. The maximum absolute atomic E-state index is 11.2. The van der Waals surface area contributed by atoms with Gasteiger partial charge in [-0.3, -0.25) is 14.5 Å². The third-order valence-electron chi connectivity index (χ3n) is 4.47. The first-order valence-corrected chi connectivity index (χ1v) is 8.75. The van der Waals surface area contributed by atoms with Gasteiger partial charge in [-0.15, -0.1) is 0 Å². The Hall–Kier alpha value is -3.13. The zero-order chi connectivity index (χ0) is 18.8. The second-order valence-corrected chi connectivity index (χ2v) is 6.56. The predicted molar refractivity (Wildman–Crippen MR) is 102 cm³/mol. The topological polar surface area (TPSA) is 104 Å². The van der Waals surface area contributed by atoms with Gasteiger partial charge in [0.1, 0.15) is 12.4 Å². The van der Waals surface area contributed by atoms with Crippen LogP contribution < -0.4 is 15.8 Å². The van der Waals surface area contributed by atoms with Crippen molar-refractivity contribution in [1.82, 2.24) is 9.78 Å². The van der Waals surface area contributed by atoms with Gasteiger partial charge in [-0.1, -0.05) is 6.07 Å². The number of carbonyl (C=O) groups is 1. The van der Waals surface area contributed by atoms with Crippen LogP contribution in [0, 0.1) is 0 Å². The maximum atomic E-state index is 11.2. The normalized spacial score (nSPS) is 16.9. The highest BCUT2D eigenvalue weighted by Gasteiger charge is 2.19. The van der Waals surface area contributed by atoms with Crippen LogP contribution >= 0.6 is 0 Å². The van der Waals surface area contributed by atoms with Gasteiger partial charge in [-0.2, -0.15) is 5.10 Å². The lowest BCUT2D eigenvalue weighted by Crippen LogP contribution is -2.31. The molecule has 2 aliphatic rings. The Labute approximate surface area is 156 Å². The van der Waals surface area contributed by atoms with Gasteiger partial charge in [0.2, 0.25) is 5.91 Å². The fraction of sp³-hybridized carbons (Fsp3) is 0.316. The summed E-state index contributed by atoms with van der Waals surface area (Å²) in [5.74, 6) is 0.631. The van der Waals surface area contributed by atoms with E-state index in [1.165, 1.54) is 13.1 Å². The van der Waals surface area contributed by atoms with E-state index in [9.17, 15) is 4.79 Å². The van der Waals surface area contributed by atoms with Crippen molar-refractivity contribution >= 4 is 23.4 Å². The SMILES string of the molecule is CC(=O)Nc1ccc2c(c1)OCc1cc(C(C=NC3COC3)=CN)nn1C2. The van der Waals surface area contributed by atoms with Crippen molar-refractivity contribution in [3.05, 3.63) is 47.4 Å². The van der Waals surface area contributed by atoms with Crippen LogP contribution in [0.25, 0.3) is 5.57 Å². The van der Waals surface area contributed by atoms with Crippen LogP contribution in [0.3, 0.4) is 0 Å². The number of hydrogen-bond donors (Lipinski definition) is 2. The molecule has 3 N–H and O–H groups in total. The third kappa shape index (κ3) is 3.70. The molecule has 1 aromatic carbocycles. The van der Waals surface area contributed by atoms with Crippen LogP contribution in [-0.2, 0) is 22.7 Å². The van der Waals surface area contributed by atoms with E-state index in [-0.39, 0.29) is 11.9 Å². The zero-order valence-corrected chi connectivity index (χ0v) is 15.0. The summed E-state index contributed by atoms with van der Waals surface area (Å²) in [7, 11) is 0. The summed E-state index contributed by atoms with van der Waals surface area (Å²) in [6.45, 7) is 3.75. The van der Waals surface area contributed by atoms with Gasteiger partial charge < -0.3 is 20.5 Å². The second-order valence-electron chi connectivity index (χ2n) is 6.56. The van der Waals surface area contributed by atoms with Crippen molar-refractivity contribution in [2.75, 3.05) is 18.5 Å². The summed E-state index contributed by atoms with van der Waals surface area (Å²) in [6, 6.07) is 7.80. The molecule has 0 aliphatic carbocycles. The van der Waals surface area contributed by atoms with E-state index in [0.717, 1.165) is 28.3 Å². The van der Waals surface area contributed by atoms with Crippen LogP contribution in [-0.4, -0.2) is 41.2 Å². The van der Waals surface area contributed by atoms with Crippen LogP contribution in [0.15, 0.2) is 35.5 Å². The molecule has 0 radical (unpaired) electrons. The van der Waals surface area contributed by atoms with Gasteiger partial charge in [0.05, 0.1) is 37.2 Å². The van der Waals surface area contributed by atoms with E-state index in [1.54, 1.807) is 6.21 Å². The maximum Gasteiger partial charge on any atom is 0.221 e. The monoisotopic (exact) mass is 367 g/mol. The van der Waals surface area contributed by atoms with Crippen LogP contribution in [0.1, 0.15) is 23.9 Å². The first-order valence-electron chi connectivity index (χ1n) is 8.75. The summed E-state index contributed by atoms with van der Waals surface area (Å²) >= 11 is 0. The number of nitrogens with one attached hydrogen (secondary N) is 1. The lowest BCUT2D eigenvalue weighted by atomic mass is 10.2. The minimum atomic E-state index is -0.114. The van der Waals surface area contributed by atoms with Gasteiger partial charge >= 0.3 is 0 Å². The zero-order valence-electron chi connectivity index (χ0n) is 15.0. The molecular weight excluding hydrogens is 346 g/mol. The number of nitrogens with two attached hydrogens (primary N) is 1. The molecule has 2 aliphatic heterocycles. The number of benzene rings is 1. The van der Waals surface area contributed by atoms with E-state index in [1.807, 2.05) is 28.9 Å². The minimum Gasteiger partial charge on any atom is -0.487 e. The summed E-state index contributed by atoms with van der Waals surface area (Å²) < 4.78 is 13.0. The van der Waals surface area contributed by atoms with E-state index in [4.69, 9.17) is 15.2 Å². The summed E-state index contributed by atoms with van der Waals surface area (Å²) in [6.07, 6.45) is 3.27. The van der Waals surface area contributed by atoms with Gasteiger partial charge in [-0.05, 0) is 12.1 Å². The van der Waals surface area contributed by atoms with Crippen molar-refractivity contribution < 1.29 is 14.3 Å². The molecule has 2 aromatic rings. The van der Waals surface area contributed by atoms with Crippen molar-refractivity contribution in [2.24, 2.45) is 10.7 Å². The number of amides is 1. The second kappa shape index (κ2) is 7.24. The summed E-state index contributed by atoms with van der Waals surface area (Å²) in [4.78, 5) is 15.7. The molecule has 1 amide bonds. The molecule has 8 heteroatoms. The fourth-order valence-corrected chi connectivity index (χ4v) is 2.95. The molecule has 140 valence electrons. The lowest BCUT2D eigenvalue weighted by Gasteiger charge is -2.21. The molecule has 0 unspecified atom stereocenters. The molecule has 8 nitrogen and oxygen atoms in total. The van der Waals surface area contributed by atoms with E-state index < -0.39 is 0 Å². The fourth-order valence-electron chi connectivity index (χ4n) is 2.95. The van der Waals surface area contributed by atoms with Gasteiger partial charge in [0, 0.05) is 42.2 Å². The highest BCUT2D eigenvalue weighted by molar-refractivity contribution is 6.08. The van der Waals surface area contributed by atoms with Crippen LogP contribution in [0.5, 0.6) is 5.75 Å². The number of ether oxygens (including phenoxy) is 2. The molecule has 1 saturated heterocycles. The van der Waals surface area contributed by atoms with Crippen molar-refractivity contribution in [2.45, 2.75) is 26.1 Å². The lowest BCUT2D eigenvalue weighted by molar-refractivity contribution is -0.114. The van der Waals surface area contributed by atoms with Crippen LogP contribution in [0.4, 0.5) is 5.69 Å². The highest BCUT2D eigenvalue weighted by atomic mass is 16.5. The Morgan fingerprint density at radius 3 is 2.96 bits per heavy atom. The largest absolute Gasteiger partial charge is 0.487 e. The molecule has 27 heavy (non-hydrogen) atoms. The predicted octanol–water partition coefficient (Wildman–Crippen LogP) is 1.55. The Kier molecular flexibility index (Phi) is 4.64. The number of fused-ring (bicyclic) bond motifs is 2. The smallest absolute Gasteiger partial charge is 0.221 e. The summed E-state index contributed by atoms with van der Waals surface area (Å²) in [5, 5.41) is 7.44. The Bertz CT molecular complexity index is 927. The average Bonchev–Trinajstić information content (AvgIpc) is 2.91. The number of nitrogens with zero attached hydrogens (tertiary/aromatic N) is 3. The molecule has 0 spiro atoms. The third-order valence-corrected chi connectivity index (χ3v) is 4.47. The van der Waals surface area contributed by atoms with E-state index in [2.05, 4.69) is 15.4 Å². The molecule has 1 fully saturated rings. The Balaban J connectivity index is 1.55. The first kappa shape index (κ1) is 17.3. The standard InChI is InChI=1S/C19H21N5O3/c1-12(25)22-15-3-2-13-8-24-17(11-27-19(13)4-15)5-18(23-24)14(6-20)7-21-16-9-26-10-16/h2-7,16H,8-11,20H2,1H3,(H,22,25). The number of aliphatic imine (C=N–C) groups is 1. The van der Waals surface area contributed by atoms with Crippen LogP contribution in [0.2, 0.25) is 0 Å². The van der Waals surface area contributed by atoms with Crippen molar-refractivity contribution in [3.8, 4) is 5.75 Å². The number of carbonyl (C=O) groups excluding carboxylic acids is 1. The number of anilines is 1. The Morgan fingerprint density at radius 1 is 1.41 bits per heavy atom. The van der Waals surface area contributed by atoms with Gasteiger partial charge in [0.25, 0.3) is 0 Å². The first-order chi connectivity index (χ1) is 13.1. The molecule has 0 atom stereocenters. The quantitative estimate of drug-likeness (QED) is 0.798. The number of hydrogen-bond acceptors (Lipinski definition) is 6.